The van der Waals surface area contributed by atoms with Crippen LogP contribution in [0.1, 0.15) is 12.5 Å². The van der Waals surface area contributed by atoms with Crippen molar-refractivity contribution in [3.63, 3.8) is 0 Å². The van der Waals surface area contributed by atoms with Crippen LogP contribution in [0, 0.1) is 0 Å². The number of aromatic nitrogens is 1. The fraction of sp³-hybridized carbons (Fsp3) is 0.250. The molecule has 0 unspecified atom stereocenters. The molecular formula is C8H7F3N2OS. The number of rotatable bonds is 2. The van der Waals surface area contributed by atoms with E-state index < -0.39 is 11.7 Å². The Morgan fingerprint density at radius 1 is 1.47 bits per heavy atom. The van der Waals surface area contributed by atoms with Gasteiger partial charge in [-0.25, -0.2) is 4.98 Å². The molecule has 82 valence electrons. The first-order valence-electron chi connectivity index (χ1n) is 3.86. The van der Waals surface area contributed by atoms with Gasteiger partial charge in [0.1, 0.15) is 5.03 Å². The summed E-state index contributed by atoms with van der Waals surface area (Å²) in [6, 6.07) is 2.11. The second kappa shape index (κ2) is 4.52. The van der Waals surface area contributed by atoms with E-state index in [9.17, 15) is 18.0 Å². The molecule has 15 heavy (non-hydrogen) atoms. The molecule has 1 aromatic rings. The van der Waals surface area contributed by atoms with Gasteiger partial charge in [0, 0.05) is 25.1 Å². The second-order valence-corrected chi connectivity index (χ2v) is 3.47. The summed E-state index contributed by atoms with van der Waals surface area (Å²) in [5, 5.41) is 0.304. The van der Waals surface area contributed by atoms with Crippen LogP contribution in [0.4, 0.5) is 13.2 Å². The largest absolute Gasteiger partial charge is 0.417 e. The van der Waals surface area contributed by atoms with Crippen molar-refractivity contribution in [2.75, 3.05) is 0 Å². The molecule has 0 aliphatic carbocycles. The van der Waals surface area contributed by atoms with Crippen molar-refractivity contribution in [1.82, 2.24) is 9.71 Å². The summed E-state index contributed by atoms with van der Waals surface area (Å²) in [7, 11) is 0. The van der Waals surface area contributed by atoms with E-state index in [0.717, 1.165) is 24.2 Å². The van der Waals surface area contributed by atoms with Gasteiger partial charge in [0.25, 0.3) is 0 Å². The average molecular weight is 236 g/mol. The van der Waals surface area contributed by atoms with E-state index in [1.165, 1.54) is 13.0 Å². The molecule has 1 rings (SSSR count). The molecule has 0 aromatic carbocycles. The molecule has 1 amide bonds. The van der Waals surface area contributed by atoms with Gasteiger partial charge in [0.2, 0.25) is 5.91 Å². The standard InChI is InChI=1S/C8H7F3N2OS/c1-5(14)13-15-7-3-2-6(4-12-7)8(9,10)11/h2-4H,1H3,(H,13,14). The third kappa shape index (κ3) is 3.78. The highest BCUT2D eigenvalue weighted by Gasteiger charge is 2.30. The van der Waals surface area contributed by atoms with Gasteiger partial charge in [-0.15, -0.1) is 0 Å². The molecule has 0 aliphatic rings. The zero-order chi connectivity index (χ0) is 11.5. The highest BCUT2D eigenvalue weighted by molar-refractivity contribution is 7.97. The van der Waals surface area contributed by atoms with Crippen LogP contribution in [-0.2, 0) is 11.0 Å². The average Bonchev–Trinajstić information content (AvgIpc) is 2.14. The molecule has 1 heterocycles. The molecule has 0 radical (unpaired) electrons. The predicted molar refractivity (Wildman–Crippen MR) is 48.9 cm³/mol. The molecule has 0 saturated heterocycles. The number of carbonyl (C=O) groups excluding carboxylic acids is 1. The summed E-state index contributed by atoms with van der Waals surface area (Å²) in [5.74, 6) is -0.290. The molecule has 0 atom stereocenters. The second-order valence-electron chi connectivity index (χ2n) is 2.64. The van der Waals surface area contributed by atoms with Crippen molar-refractivity contribution in [3.05, 3.63) is 23.9 Å². The molecule has 7 heteroatoms. The van der Waals surface area contributed by atoms with Gasteiger partial charge < -0.3 is 0 Å². The maximum atomic E-state index is 12.1. The summed E-state index contributed by atoms with van der Waals surface area (Å²) in [4.78, 5) is 14.0. The molecular weight excluding hydrogens is 229 g/mol. The van der Waals surface area contributed by atoms with E-state index in [2.05, 4.69) is 9.71 Å². The number of amides is 1. The minimum absolute atomic E-state index is 0.290. The van der Waals surface area contributed by atoms with E-state index >= 15 is 0 Å². The Labute approximate surface area is 88.2 Å². The molecule has 0 saturated carbocycles. The molecule has 0 fully saturated rings. The quantitative estimate of drug-likeness (QED) is 0.801. The van der Waals surface area contributed by atoms with E-state index in [-0.39, 0.29) is 5.91 Å². The highest BCUT2D eigenvalue weighted by Crippen LogP contribution is 2.29. The molecule has 0 aliphatic heterocycles. The number of pyridine rings is 1. The van der Waals surface area contributed by atoms with E-state index in [1.54, 1.807) is 0 Å². The smallest absolute Gasteiger partial charge is 0.295 e. The van der Waals surface area contributed by atoms with Crippen molar-refractivity contribution >= 4 is 17.9 Å². The predicted octanol–water partition coefficient (Wildman–Crippen LogP) is 2.24. The minimum atomic E-state index is -4.38. The summed E-state index contributed by atoms with van der Waals surface area (Å²) >= 11 is 0.870. The molecule has 0 bridgehead atoms. The Bertz CT molecular complexity index is 350. The van der Waals surface area contributed by atoms with Gasteiger partial charge in [0.15, 0.2) is 0 Å². The molecule has 3 nitrogen and oxygen atoms in total. The molecule has 1 aromatic heterocycles. The maximum absolute atomic E-state index is 12.1. The monoisotopic (exact) mass is 236 g/mol. The Balaban J connectivity index is 2.69. The molecule has 0 spiro atoms. The molecule has 1 N–H and O–H groups in total. The van der Waals surface area contributed by atoms with Crippen molar-refractivity contribution < 1.29 is 18.0 Å². The van der Waals surface area contributed by atoms with E-state index in [1.807, 2.05) is 0 Å². The van der Waals surface area contributed by atoms with Crippen LogP contribution in [0.25, 0.3) is 0 Å². The first kappa shape index (κ1) is 11.8. The SMILES string of the molecule is CC(=O)NSc1ccc(C(F)(F)F)cn1. The lowest BCUT2D eigenvalue weighted by Gasteiger charge is -2.06. The minimum Gasteiger partial charge on any atom is -0.295 e. The van der Waals surface area contributed by atoms with Gasteiger partial charge >= 0.3 is 6.18 Å². The Hall–Kier alpha value is -1.24. The topological polar surface area (TPSA) is 42.0 Å². The first-order valence-corrected chi connectivity index (χ1v) is 4.68. The van der Waals surface area contributed by atoms with Gasteiger partial charge in [0.05, 0.1) is 5.56 Å². The van der Waals surface area contributed by atoms with Gasteiger partial charge in [-0.1, -0.05) is 0 Å². The van der Waals surface area contributed by atoms with Crippen LogP contribution in [0.3, 0.4) is 0 Å². The fourth-order valence-corrected chi connectivity index (χ4v) is 1.22. The Morgan fingerprint density at radius 3 is 2.53 bits per heavy atom. The third-order valence-corrected chi connectivity index (χ3v) is 2.20. The lowest BCUT2D eigenvalue weighted by molar-refractivity contribution is -0.137. The van der Waals surface area contributed by atoms with Gasteiger partial charge in [-0.3, -0.25) is 9.52 Å². The van der Waals surface area contributed by atoms with Crippen LogP contribution in [0.5, 0.6) is 0 Å². The van der Waals surface area contributed by atoms with Crippen LogP contribution in [0.15, 0.2) is 23.4 Å². The third-order valence-electron chi connectivity index (χ3n) is 1.36. The summed E-state index contributed by atoms with van der Waals surface area (Å²) in [5.41, 5.74) is -0.810. The Morgan fingerprint density at radius 2 is 2.13 bits per heavy atom. The Kier molecular flexibility index (Phi) is 3.57. The number of halogens is 3. The number of nitrogens with one attached hydrogen (secondary N) is 1. The van der Waals surface area contributed by atoms with Crippen LogP contribution < -0.4 is 4.72 Å². The normalized spacial score (nSPS) is 11.2. The number of hydrogen-bond donors (Lipinski definition) is 1. The van der Waals surface area contributed by atoms with Crippen molar-refractivity contribution in [2.45, 2.75) is 18.1 Å². The van der Waals surface area contributed by atoms with Gasteiger partial charge in [-0.2, -0.15) is 13.2 Å². The van der Waals surface area contributed by atoms with Crippen LogP contribution >= 0.6 is 11.9 Å². The number of nitrogens with zero attached hydrogens (tertiary/aromatic N) is 1. The zero-order valence-electron chi connectivity index (χ0n) is 7.63. The maximum Gasteiger partial charge on any atom is 0.417 e. The van der Waals surface area contributed by atoms with Crippen molar-refractivity contribution in [2.24, 2.45) is 0 Å². The van der Waals surface area contributed by atoms with Crippen molar-refractivity contribution in [3.8, 4) is 0 Å². The van der Waals surface area contributed by atoms with Gasteiger partial charge in [-0.05, 0) is 12.1 Å². The summed E-state index contributed by atoms with van der Waals surface area (Å²) in [6.45, 7) is 1.30. The lowest BCUT2D eigenvalue weighted by atomic mass is 10.3. The number of hydrogen-bond acceptors (Lipinski definition) is 3. The van der Waals surface area contributed by atoms with Crippen molar-refractivity contribution in [1.29, 1.82) is 0 Å². The fourth-order valence-electron chi connectivity index (χ4n) is 0.733. The number of alkyl halides is 3. The van der Waals surface area contributed by atoms with Crippen LogP contribution in [-0.4, -0.2) is 10.9 Å². The number of carbonyl (C=O) groups is 1. The van der Waals surface area contributed by atoms with E-state index in [4.69, 9.17) is 0 Å². The zero-order valence-corrected chi connectivity index (χ0v) is 8.45. The highest BCUT2D eigenvalue weighted by atomic mass is 32.2. The summed E-state index contributed by atoms with van der Waals surface area (Å²) < 4.78 is 38.7. The van der Waals surface area contributed by atoms with Crippen LogP contribution in [0.2, 0.25) is 0 Å². The summed E-state index contributed by atoms with van der Waals surface area (Å²) in [6.07, 6.45) is -3.66. The lowest BCUT2D eigenvalue weighted by Crippen LogP contribution is -2.10. The first-order chi connectivity index (χ1) is 6.89. The van der Waals surface area contributed by atoms with E-state index in [0.29, 0.717) is 5.03 Å².